The number of amides is 1. The molecule has 1 amide bonds. The quantitative estimate of drug-likeness (QED) is 0.126. The number of benzene rings is 2. The third kappa shape index (κ3) is 15.0. The van der Waals surface area contributed by atoms with Gasteiger partial charge >= 0.3 is 10.5 Å². The van der Waals surface area contributed by atoms with E-state index in [9.17, 15) is 17.1 Å². The number of carbonyl (C=O) groups is 1. The Morgan fingerprint density at radius 3 is 1.68 bits per heavy atom. The summed E-state index contributed by atoms with van der Waals surface area (Å²) in [5, 5.41) is 2.99. The zero-order chi connectivity index (χ0) is 27.5. The molecule has 2 aromatic carbocycles. The van der Waals surface area contributed by atoms with Gasteiger partial charge in [-0.3, -0.25) is 4.79 Å². The van der Waals surface area contributed by atoms with Crippen LogP contribution >= 0.6 is 0 Å². The van der Waals surface area contributed by atoms with Gasteiger partial charge in [0, 0.05) is 12.1 Å². The van der Waals surface area contributed by atoms with Crippen LogP contribution in [0, 0.1) is 0 Å². The van der Waals surface area contributed by atoms with E-state index in [0.717, 1.165) is 18.4 Å². The summed E-state index contributed by atoms with van der Waals surface area (Å²) >= 11 is 0. The minimum absolute atomic E-state index is 0.0782. The Hall–Kier alpha value is -2.61. The van der Waals surface area contributed by atoms with Crippen LogP contribution in [-0.2, 0) is 17.1 Å². The molecule has 2 aromatic rings. The lowest BCUT2D eigenvalue weighted by Crippen LogP contribution is -2.24. The summed E-state index contributed by atoms with van der Waals surface area (Å²) in [6.07, 6.45) is 18.4. The van der Waals surface area contributed by atoms with E-state index in [2.05, 4.69) is 16.4 Å². The molecule has 0 radical (unpaired) electrons. The van der Waals surface area contributed by atoms with E-state index >= 15 is 0 Å². The third-order valence-electron chi connectivity index (χ3n) is 6.46. The summed E-state index contributed by atoms with van der Waals surface area (Å²) in [5.41, 5.74) is 1.48. The van der Waals surface area contributed by atoms with Gasteiger partial charge in [0.25, 0.3) is 5.91 Å². The molecular formula is C30H44FNO5S. The average Bonchev–Trinajstić information content (AvgIpc) is 2.90. The Morgan fingerprint density at radius 2 is 1.18 bits per heavy atom. The summed E-state index contributed by atoms with van der Waals surface area (Å²) < 4.78 is 43.3. The van der Waals surface area contributed by atoms with Crippen LogP contribution in [0.25, 0.3) is 0 Å². The van der Waals surface area contributed by atoms with Gasteiger partial charge in [-0.05, 0) is 48.4 Å². The summed E-state index contributed by atoms with van der Waals surface area (Å²) in [7, 11) is -5.05. The molecule has 0 aromatic heterocycles. The lowest BCUT2D eigenvalue weighted by Gasteiger charge is -2.09. The maximum Gasteiger partial charge on any atom is 0.488 e. The van der Waals surface area contributed by atoms with Crippen LogP contribution in [0.15, 0.2) is 48.5 Å². The highest BCUT2D eigenvalue weighted by atomic mass is 32.3. The Morgan fingerprint density at radius 1 is 0.711 bits per heavy atom. The fourth-order valence-electron chi connectivity index (χ4n) is 4.25. The molecule has 0 aliphatic rings. The van der Waals surface area contributed by atoms with Crippen molar-refractivity contribution in [3.63, 3.8) is 0 Å². The predicted molar refractivity (Wildman–Crippen MR) is 151 cm³/mol. The van der Waals surface area contributed by atoms with Crippen molar-refractivity contribution in [2.45, 2.75) is 103 Å². The largest absolute Gasteiger partial charge is 0.489 e. The Balaban J connectivity index is 1.50. The highest BCUT2D eigenvalue weighted by molar-refractivity contribution is 7.81. The first-order valence-electron chi connectivity index (χ1n) is 14.1. The van der Waals surface area contributed by atoms with E-state index in [4.69, 9.17) is 4.74 Å². The lowest BCUT2D eigenvalue weighted by molar-refractivity contribution is 0.0953. The molecule has 0 saturated heterocycles. The minimum atomic E-state index is -5.05. The maximum absolute atomic E-state index is 12.5. The molecule has 0 aliphatic heterocycles. The number of nitrogens with one attached hydrogen (secondary N) is 1. The van der Waals surface area contributed by atoms with Gasteiger partial charge in [0.1, 0.15) is 18.1 Å². The molecule has 1 N–H and O–H groups in total. The number of unbranched alkanes of at least 4 members (excludes halogenated alkanes) is 13. The third-order valence-corrected chi connectivity index (χ3v) is 6.85. The van der Waals surface area contributed by atoms with E-state index < -0.39 is 10.5 Å². The van der Waals surface area contributed by atoms with Crippen molar-refractivity contribution in [1.29, 1.82) is 0 Å². The van der Waals surface area contributed by atoms with Crippen LogP contribution in [0.2, 0.25) is 0 Å². The predicted octanol–water partition coefficient (Wildman–Crippen LogP) is 8.07. The average molecular weight is 550 g/mol. The number of ether oxygens (including phenoxy) is 1. The first kappa shape index (κ1) is 31.6. The van der Waals surface area contributed by atoms with Gasteiger partial charge in [-0.15, -0.1) is 0 Å². The van der Waals surface area contributed by atoms with E-state index in [1.807, 2.05) is 12.1 Å². The van der Waals surface area contributed by atoms with Gasteiger partial charge in [-0.25, -0.2) is 0 Å². The standard InChI is InChI=1S/C30H44FNO5S/c1-2-3-4-5-6-7-8-9-10-11-12-13-14-15-24-32-30(33)27-18-16-26(17-19-27)25-36-28-20-22-29(23-21-28)37-38(31,34)35/h16-23H,2-15,24-25H2,1H3,(H,32,33). The van der Waals surface area contributed by atoms with Gasteiger partial charge in [0.15, 0.2) is 0 Å². The molecule has 6 nitrogen and oxygen atoms in total. The highest BCUT2D eigenvalue weighted by Crippen LogP contribution is 2.20. The summed E-state index contributed by atoms with van der Waals surface area (Å²) in [5.74, 6) is 0.262. The van der Waals surface area contributed by atoms with Crippen LogP contribution in [0.3, 0.4) is 0 Å². The smallest absolute Gasteiger partial charge is 0.488 e. The van der Waals surface area contributed by atoms with E-state index in [0.29, 0.717) is 17.9 Å². The van der Waals surface area contributed by atoms with Crippen LogP contribution in [0.4, 0.5) is 3.89 Å². The minimum Gasteiger partial charge on any atom is -0.489 e. The van der Waals surface area contributed by atoms with Gasteiger partial charge in [0.2, 0.25) is 0 Å². The molecular weight excluding hydrogens is 505 g/mol. The van der Waals surface area contributed by atoms with Crippen molar-refractivity contribution < 1.29 is 26.0 Å². The van der Waals surface area contributed by atoms with Crippen LogP contribution in [-0.4, -0.2) is 20.9 Å². The first-order chi connectivity index (χ1) is 18.4. The van der Waals surface area contributed by atoms with Crippen molar-refractivity contribution in [2.75, 3.05) is 6.54 Å². The molecule has 212 valence electrons. The Kier molecular flexibility index (Phi) is 15.5. The molecule has 0 fully saturated rings. The van der Waals surface area contributed by atoms with Crippen LogP contribution in [0.5, 0.6) is 11.5 Å². The van der Waals surface area contributed by atoms with Gasteiger partial charge in [0.05, 0.1) is 0 Å². The second-order valence-electron chi connectivity index (χ2n) is 9.79. The first-order valence-corrected chi connectivity index (χ1v) is 15.4. The number of carbonyl (C=O) groups excluding carboxylic acids is 1. The molecule has 0 unspecified atom stereocenters. The monoisotopic (exact) mass is 549 g/mol. The second kappa shape index (κ2) is 18.6. The summed E-state index contributed by atoms with van der Waals surface area (Å²) in [6.45, 7) is 3.21. The molecule has 0 atom stereocenters. The molecule has 2 rings (SSSR count). The van der Waals surface area contributed by atoms with Gasteiger partial charge < -0.3 is 14.2 Å². The van der Waals surface area contributed by atoms with Gasteiger partial charge in [-0.1, -0.05) is 106 Å². The highest BCUT2D eigenvalue weighted by Gasteiger charge is 2.09. The number of halogens is 1. The number of hydrogen-bond acceptors (Lipinski definition) is 5. The van der Waals surface area contributed by atoms with Crippen molar-refractivity contribution in [3.05, 3.63) is 59.7 Å². The van der Waals surface area contributed by atoms with Crippen molar-refractivity contribution in [2.24, 2.45) is 0 Å². The van der Waals surface area contributed by atoms with Crippen molar-refractivity contribution >= 4 is 16.4 Å². The Labute approximate surface area is 228 Å². The fourth-order valence-corrected chi connectivity index (χ4v) is 4.59. The van der Waals surface area contributed by atoms with Crippen LogP contribution in [0.1, 0.15) is 113 Å². The topological polar surface area (TPSA) is 81.7 Å². The van der Waals surface area contributed by atoms with E-state index in [-0.39, 0.29) is 18.3 Å². The summed E-state index contributed by atoms with van der Waals surface area (Å²) in [4.78, 5) is 12.4. The molecule has 38 heavy (non-hydrogen) atoms. The van der Waals surface area contributed by atoms with Crippen molar-refractivity contribution in [3.8, 4) is 11.5 Å². The number of hydrogen-bond donors (Lipinski definition) is 1. The van der Waals surface area contributed by atoms with Crippen molar-refractivity contribution in [1.82, 2.24) is 5.32 Å². The molecule has 0 saturated carbocycles. The molecule has 0 aliphatic carbocycles. The molecule has 0 bridgehead atoms. The molecule has 8 heteroatoms. The zero-order valence-electron chi connectivity index (χ0n) is 22.8. The normalized spacial score (nSPS) is 11.3. The zero-order valence-corrected chi connectivity index (χ0v) is 23.6. The second-order valence-corrected chi connectivity index (χ2v) is 10.7. The fraction of sp³-hybridized carbons (Fsp3) is 0.567. The molecule has 0 spiro atoms. The van der Waals surface area contributed by atoms with Crippen LogP contribution < -0.4 is 14.2 Å². The van der Waals surface area contributed by atoms with Gasteiger partial charge in [-0.2, -0.15) is 8.42 Å². The summed E-state index contributed by atoms with van der Waals surface area (Å²) in [6, 6.07) is 12.8. The SMILES string of the molecule is CCCCCCCCCCCCCCCCNC(=O)c1ccc(COc2ccc(OS(=O)(=O)F)cc2)cc1. The van der Waals surface area contributed by atoms with E-state index in [1.54, 1.807) is 12.1 Å². The number of rotatable bonds is 21. The molecule has 0 heterocycles. The van der Waals surface area contributed by atoms with E-state index in [1.165, 1.54) is 101 Å². The Bertz CT molecular complexity index is 1010. The lowest BCUT2D eigenvalue weighted by atomic mass is 10.0. The maximum atomic E-state index is 12.5.